The number of pyridine rings is 1. The Morgan fingerprint density at radius 1 is 1.38 bits per heavy atom. The number of nitrogens with zero attached hydrogens (tertiary/aromatic N) is 1. The van der Waals surface area contributed by atoms with Crippen LogP contribution in [0, 0.1) is 13.8 Å². The summed E-state index contributed by atoms with van der Waals surface area (Å²) in [7, 11) is -1.39. The van der Waals surface area contributed by atoms with Crippen LogP contribution in [0.25, 0.3) is 0 Å². The van der Waals surface area contributed by atoms with E-state index in [4.69, 9.17) is 4.74 Å². The highest BCUT2D eigenvalue weighted by Crippen LogP contribution is 2.24. The van der Waals surface area contributed by atoms with Gasteiger partial charge in [0.2, 0.25) is 0 Å². The highest BCUT2D eigenvalue weighted by molar-refractivity contribution is 7.90. The Morgan fingerprint density at radius 3 is 2.57 bits per heavy atom. The second kappa shape index (κ2) is 7.75. The lowest BCUT2D eigenvalue weighted by molar-refractivity contribution is 0.406. The summed E-state index contributed by atoms with van der Waals surface area (Å²) >= 11 is 0. The summed E-state index contributed by atoms with van der Waals surface area (Å²) in [5, 5.41) is 3.29. The standard InChI is InChI=1S/C15H26N2O3S/c1-6-7-16-13(10-21(5,18)19)8-14-12(3)15(20-4)11(2)9-17-14/h9,13,16H,6-8,10H2,1-5H3. The van der Waals surface area contributed by atoms with Crippen LogP contribution in [-0.2, 0) is 16.3 Å². The minimum absolute atomic E-state index is 0.115. The Kier molecular flexibility index (Phi) is 6.61. The molecule has 1 rings (SSSR count). The van der Waals surface area contributed by atoms with Crippen LogP contribution < -0.4 is 10.1 Å². The maximum Gasteiger partial charge on any atom is 0.148 e. The van der Waals surface area contributed by atoms with Crippen molar-refractivity contribution in [3.05, 3.63) is 23.0 Å². The first-order chi connectivity index (χ1) is 9.78. The van der Waals surface area contributed by atoms with Gasteiger partial charge >= 0.3 is 0 Å². The summed E-state index contributed by atoms with van der Waals surface area (Å²) in [6, 6.07) is -0.126. The van der Waals surface area contributed by atoms with E-state index in [0.717, 1.165) is 35.5 Å². The van der Waals surface area contributed by atoms with Gasteiger partial charge in [-0.2, -0.15) is 0 Å². The molecule has 0 spiro atoms. The van der Waals surface area contributed by atoms with Gasteiger partial charge in [0, 0.05) is 41.7 Å². The average Bonchev–Trinajstić information content (AvgIpc) is 2.38. The molecular weight excluding hydrogens is 288 g/mol. The molecule has 0 amide bonds. The van der Waals surface area contributed by atoms with E-state index in [2.05, 4.69) is 17.2 Å². The molecule has 0 fully saturated rings. The van der Waals surface area contributed by atoms with Crippen molar-refractivity contribution < 1.29 is 13.2 Å². The number of sulfone groups is 1. The van der Waals surface area contributed by atoms with E-state index in [1.807, 2.05) is 13.8 Å². The van der Waals surface area contributed by atoms with Crippen molar-refractivity contribution in [2.75, 3.05) is 25.7 Å². The van der Waals surface area contributed by atoms with Gasteiger partial charge in [-0.1, -0.05) is 6.92 Å². The molecule has 0 aromatic carbocycles. The molecule has 1 N–H and O–H groups in total. The van der Waals surface area contributed by atoms with Crippen molar-refractivity contribution in [3.63, 3.8) is 0 Å². The molecule has 0 saturated carbocycles. The lowest BCUT2D eigenvalue weighted by Gasteiger charge is -2.19. The third-order valence-electron chi connectivity index (χ3n) is 3.38. The van der Waals surface area contributed by atoms with Gasteiger partial charge in [-0.25, -0.2) is 8.42 Å². The van der Waals surface area contributed by atoms with E-state index in [1.54, 1.807) is 13.3 Å². The average molecular weight is 314 g/mol. The zero-order valence-electron chi connectivity index (χ0n) is 13.6. The van der Waals surface area contributed by atoms with Crippen LogP contribution in [0.5, 0.6) is 5.75 Å². The zero-order chi connectivity index (χ0) is 16.0. The van der Waals surface area contributed by atoms with Gasteiger partial charge in [-0.15, -0.1) is 0 Å². The van der Waals surface area contributed by atoms with Crippen LogP contribution in [-0.4, -0.2) is 45.1 Å². The number of hydrogen-bond donors (Lipinski definition) is 1. The molecule has 5 nitrogen and oxygen atoms in total. The first kappa shape index (κ1) is 17.9. The van der Waals surface area contributed by atoms with Crippen molar-refractivity contribution in [2.45, 2.75) is 39.7 Å². The predicted octanol–water partition coefficient (Wildman–Crippen LogP) is 1.66. The highest BCUT2D eigenvalue weighted by Gasteiger charge is 2.18. The summed E-state index contributed by atoms with van der Waals surface area (Å²) in [5.74, 6) is 0.943. The van der Waals surface area contributed by atoms with Crippen LogP contribution >= 0.6 is 0 Å². The minimum atomic E-state index is -3.03. The molecule has 1 unspecified atom stereocenters. The number of methoxy groups -OCH3 is 1. The van der Waals surface area contributed by atoms with Gasteiger partial charge in [0.1, 0.15) is 15.6 Å². The van der Waals surface area contributed by atoms with Gasteiger partial charge in [0.25, 0.3) is 0 Å². The summed E-state index contributed by atoms with van der Waals surface area (Å²) < 4.78 is 28.5. The SMILES string of the molecule is CCCNC(Cc1ncc(C)c(OC)c1C)CS(C)(=O)=O. The van der Waals surface area contributed by atoms with Crippen molar-refractivity contribution in [2.24, 2.45) is 0 Å². The van der Waals surface area contributed by atoms with E-state index in [9.17, 15) is 8.42 Å². The van der Waals surface area contributed by atoms with Gasteiger partial charge in [-0.05, 0) is 26.8 Å². The smallest absolute Gasteiger partial charge is 0.148 e. The van der Waals surface area contributed by atoms with Crippen LogP contribution in [0.4, 0.5) is 0 Å². The van der Waals surface area contributed by atoms with E-state index >= 15 is 0 Å². The second-order valence-corrected chi connectivity index (χ2v) is 7.68. The first-order valence-corrected chi connectivity index (χ1v) is 9.24. The fraction of sp³-hybridized carbons (Fsp3) is 0.667. The van der Waals surface area contributed by atoms with Gasteiger partial charge in [0.05, 0.1) is 12.9 Å². The topological polar surface area (TPSA) is 68.3 Å². The maximum atomic E-state index is 11.6. The molecule has 120 valence electrons. The molecule has 6 heteroatoms. The monoisotopic (exact) mass is 314 g/mol. The molecule has 1 atom stereocenters. The van der Waals surface area contributed by atoms with Gasteiger partial charge in [-0.3, -0.25) is 4.98 Å². The number of aryl methyl sites for hydroxylation is 1. The molecule has 21 heavy (non-hydrogen) atoms. The second-order valence-electron chi connectivity index (χ2n) is 5.49. The molecule has 1 aromatic heterocycles. The molecule has 1 aromatic rings. The number of hydrogen-bond acceptors (Lipinski definition) is 5. The van der Waals surface area contributed by atoms with E-state index < -0.39 is 9.84 Å². The van der Waals surface area contributed by atoms with Crippen molar-refractivity contribution in [1.82, 2.24) is 10.3 Å². The summed E-state index contributed by atoms with van der Waals surface area (Å²) in [4.78, 5) is 4.45. The quantitative estimate of drug-likeness (QED) is 0.790. The molecular formula is C15H26N2O3S. The summed E-state index contributed by atoms with van der Waals surface area (Å²) in [5.41, 5.74) is 2.85. The van der Waals surface area contributed by atoms with Crippen molar-refractivity contribution >= 4 is 9.84 Å². The normalized spacial score (nSPS) is 13.2. The number of aromatic nitrogens is 1. The van der Waals surface area contributed by atoms with Crippen LogP contribution in [0.1, 0.15) is 30.2 Å². The van der Waals surface area contributed by atoms with Crippen molar-refractivity contribution in [3.8, 4) is 5.75 Å². The van der Waals surface area contributed by atoms with Crippen molar-refractivity contribution in [1.29, 1.82) is 0 Å². The third-order valence-corrected chi connectivity index (χ3v) is 4.38. The lowest BCUT2D eigenvalue weighted by Crippen LogP contribution is -2.38. The van der Waals surface area contributed by atoms with E-state index in [0.29, 0.717) is 6.42 Å². The number of ether oxygens (including phenoxy) is 1. The van der Waals surface area contributed by atoms with Crippen LogP contribution in [0.15, 0.2) is 6.20 Å². The number of rotatable bonds is 8. The van der Waals surface area contributed by atoms with Gasteiger partial charge in [0.15, 0.2) is 0 Å². The van der Waals surface area contributed by atoms with E-state index in [-0.39, 0.29) is 11.8 Å². The maximum absolute atomic E-state index is 11.6. The molecule has 0 bridgehead atoms. The molecule has 0 radical (unpaired) electrons. The highest BCUT2D eigenvalue weighted by atomic mass is 32.2. The first-order valence-electron chi connectivity index (χ1n) is 7.18. The Hall–Kier alpha value is -1.14. The Balaban J connectivity index is 2.97. The Bertz CT molecular complexity index is 571. The summed E-state index contributed by atoms with van der Waals surface area (Å²) in [6.45, 7) is 6.77. The molecule has 0 aliphatic carbocycles. The third kappa shape index (κ3) is 5.63. The Morgan fingerprint density at radius 2 is 2.05 bits per heavy atom. The minimum Gasteiger partial charge on any atom is -0.496 e. The lowest BCUT2D eigenvalue weighted by atomic mass is 10.1. The zero-order valence-corrected chi connectivity index (χ0v) is 14.4. The molecule has 1 heterocycles. The Labute approximate surface area is 128 Å². The van der Waals surface area contributed by atoms with Gasteiger partial charge < -0.3 is 10.1 Å². The van der Waals surface area contributed by atoms with E-state index in [1.165, 1.54) is 6.26 Å². The predicted molar refractivity (Wildman–Crippen MR) is 85.8 cm³/mol. The van der Waals surface area contributed by atoms with Crippen LogP contribution in [0.2, 0.25) is 0 Å². The summed E-state index contributed by atoms with van der Waals surface area (Å²) in [6.07, 6.45) is 4.58. The molecule has 0 aliphatic rings. The fourth-order valence-corrected chi connectivity index (χ4v) is 3.38. The largest absolute Gasteiger partial charge is 0.496 e. The fourth-order valence-electron chi connectivity index (χ4n) is 2.41. The van der Waals surface area contributed by atoms with Crippen LogP contribution in [0.3, 0.4) is 0 Å². The molecule has 0 saturated heterocycles. The molecule has 0 aliphatic heterocycles. The number of nitrogens with one attached hydrogen (secondary N) is 1.